The fourth-order valence-electron chi connectivity index (χ4n) is 2.51. The zero-order chi connectivity index (χ0) is 12.9. The highest BCUT2D eigenvalue weighted by atomic mass is 16.5. The Morgan fingerprint density at radius 2 is 1.21 bits per heavy atom. The van der Waals surface area contributed by atoms with Crippen LogP contribution in [0.4, 0.5) is 0 Å². The normalized spacial score (nSPS) is 16.7. The van der Waals surface area contributed by atoms with E-state index in [1.807, 2.05) is 0 Å². The lowest BCUT2D eigenvalue weighted by molar-refractivity contribution is 0.0467. The van der Waals surface area contributed by atoms with Gasteiger partial charge < -0.3 is 4.74 Å². The summed E-state index contributed by atoms with van der Waals surface area (Å²) in [6.07, 6.45) is 0. The van der Waals surface area contributed by atoms with E-state index in [4.69, 9.17) is 4.74 Å². The molecule has 0 unspecified atom stereocenters. The van der Waals surface area contributed by atoms with E-state index in [0.717, 1.165) is 26.3 Å². The predicted molar refractivity (Wildman–Crippen MR) is 76.7 cm³/mol. The van der Waals surface area contributed by atoms with Crippen LogP contribution in [0.1, 0.15) is 11.1 Å². The summed E-state index contributed by atoms with van der Waals surface area (Å²) >= 11 is 0. The monoisotopic (exact) mass is 252 g/mol. The quantitative estimate of drug-likeness (QED) is 0.832. The molecular weight excluding hydrogens is 234 g/mol. The Hall–Kier alpha value is -1.64. The van der Waals surface area contributed by atoms with Crippen LogP contribution in [0.5, 0.6) is 0 Å². The molecule has 0 amide bonds. The van der Waals surface area contributed by atoms with E-state index in [9.17, 15) is 0 Å². The van der Waals surface area contributed by atoms with Gasteiger partial charge in [-0.1, -0.05) is 60.7 Å². The molecule has 2 aromatic carbocycles. The average molecular weight is 252 g/mol. The van der Waals surface area contributed by atoms with E-state index >= 15 is 0 Å². The van der Waals surface area contributed by atoms with E-state index in [-0.39, 0.29) is 0 Å². The SMILES string of the molecule is c1ccc([C](c2ccccc2)N2CCOCC2)cc1. The summed E-state index contributed by atoms with van der Waals surface area (Å²) in [5.74, 6) is 0. The first-order chi connectivity index (χ1) is 9.45. The minimum atomic E-state index is 0.809. The number of ether oxygens (including phenoxy) is 1. The van der Waals surface area contributed by atoms with Gasteiger partial charge in [-0.2, -0.15) is 0 Å². The Kier molecular flexibility index (Phi) is 3.92. The molecule has 2 aromatic rings. The molecule has 1 saturated heterocycles. The third-order valence-corrected chi connectivity index (χ3v) is 3.42. The van der Waals surface area contributed by atoms with Crippen LogP contribution in [-0.4, -0.2) is 31.2 Å². The largest absolute Gasteiger partial charge is 0.379 e. The first-order valence-corrected chi connectivity index (χ1v) is 6.75. The Bertz CT molecular complexity index is 452. The van der Waals surface area contributed by atoms with Crippen LogP contribution in [0.2, 0.25) is 0 Å². The van der Waals surface area contributed by atoms with Crippen molar-refractivity contribution in [2.45, 2.75) is 0 Å². The minimum Gasteiger partial charge on any atom is -0.379 e. The highest BCUT2D eigenvalue weighted by molar-refractivity contribution is 5.44. The van der Waals surface area contributed by atoms with Crippen LogP contribution < -0.4 is 0 Å². The Morgan fingerprint density at radius 3 is 1.68 bits per heavy atom. The van der Waals surface area contributed by atoms with E-state index in [0.29, 0.717) is 0 Å². The smallest absolute Gasteiger partial charge is 0.0989 e. The Morgan fingerprint density at radius 1 is 0.737 bits per heavy atom. The van der Waals surface area contributed by atoms with Crippen molar-refractivity contribution in [2.24, 2.45) is 0 Å². The molecule has 1 fully saturated rings. The highest BCUT2D eigenvalue weighted by Crippen LogP contribution is 2.27. The number of morpholine rings is 1. The van der Waals surface area contributed by atoms with Gasteiger partial charge in [0.05, 0.1) is 19.3 Å². The standard InChI is InChI=1S/C17H18NO/c1-3-7-15(8-4-1)17(16-9-5-2-6-10-16)18-11-13-19-14-12-18/h1-10H,11-14H2. The van der Waals surface area contributed by atoms with Crippen LogP contribution in [0.3, 0.4) is 0 Å². The van der Waals surface area contributed by atoms with Gasteiger partial charge in [0.1, 0.15) is 0 Å². The molecule has 0 aromatic heterocycles. The molecule has 97 valence electrons. The fourth-order valence-corrected chi connectivity index (χ4v) is 2.51. The van der Waals surface area contributed by atoms with Gasteiger partial charge in [-0.25, -0.2) is 0 Å². The lowest BCUT2D eigenvalue weighted by atomic mass is 9.97. The van der Waals surface area contributed by atoms with Crippen molar-refractivity contribution in [3.8, 4) is 0 Å². The maximum absolute atomic E-state index is 5.47. The third-order valence-electron chi connectivity index (χ3n) is 3.42. The second-order valence-corrected chi connectivity index (χ2v) is 4.68. The van der Waals surface area contributed by atoms with Gasteiger partial charge in [0.2, 0.25) is 0 Å². The lowest BCUT2D eigenvalue weighted by Gasteiger charge is -2.34. The highest BCUT2D eigenvalue weighted by Gasteiger charge is 2.24. The summed E-state index contributed by atoms with van der Waals surface area (Å²) in [4.78, 5) is 2.42. The van der Waals surface area contributed by atoms with E-state index in [1.165, 1.54) is 17.2 Å². The van der Waals surface area contributed by atoms with Crippen molar-refractivity contribution >= 4 is 0 Å². The van der Waals surface area contributed by atoms with Gasteiger partial charge in [-0.05, 0) is 11.1 Å². The molecule has 19 heavy (non-hydrogen) atoms. The van der Waals surface area contributed by atoms with Gasteiger partial charge in [-0.3, -0.25) is 4.90 Å². The molecule has 1 aliphatic rings. The third kappa shape index (κ3) is 2.86. The minimum absolute atomic E-state index is 0.809. The molecular formula is C17H18NO. The summed E-state index contributed by atoms with van der Waals surface area (Å²) < 4.78 is 5.47. The summed E-state index contributed by atoms with van der Waals surface area (Å²) in [5, 5.41) is 0. The van der Waals surface area contributed by atoms with Crippen LogP contribution in [-0.2, 0) is 4.74 Å². The van der Waals surface area contributed by atoms with Crippen LogP contribution in [0.15, 0.2) is 60.7 Å². The molecule has 0 atom stereocenters. The molecule has 0 spiro atoms. The summed E-state index contributed by atoms with van der Waals surface area (Å²) in [6, 6.07) is 22.5. The van der Waals surface area contributed by atoms with Crippen molar-refractivity contribution in [1.82, 2.24) is 4.90 Å². The number of nitrogens with zero attached hydrogens (tertiary/aromatic N) is 1. The molecule has 0 bridgehead atoms. The van der Waals surface area contributed by atoms with Gasteiger partial charge >= 0.3 is 0 Å². The second kappa shape index (κ2) is 6.00. The van der Waals surface area contributed by atoms with Crippen molar-refractivity contribution < 1.29 is 4.74 Å². The van der Waals surface area contributed by atoms with Crippen molar-refractivity contribution in [3.63, 3.8) is 0 Å². The average Bonchev–Trinajstić information content (AvgIpc) is 2.51. The summed E-state index contributed by atoms with van der Waals surface area (Å²) in [5.41, 5.74) is 2.55. The number of hydrogen-bond donors (Lipinski definition) is 0. The van der Waals surface area contributed by atoms with E-state index < -0.39 is 0 Å². The maximum atomic E-state index is 5.47. The van der Waals surface area contributed by atoms with Gasteiger partial charge in [0.25, 0.3) is 0 Å². The van der Waals surface area contributed by atoms with Gasteiger partial charge in [0, 0.05) is 13.1 Å². The molecule has 2 heteroatoms. The molecule has 0 N–H and O–H groups in total. The Labute approximate surface area is 114 Å². The molecule has 1 radical (unpaired) electrons. The molecule has 0 aliphatic carbocycles. The number of rotatable bonds is 3. The first kappa shape index (κ1) is 12.4. The molecule has 0 saturated carbocycles. The van der Waals surface area contributed by atoms with Crippen LogP contribution >= 0.6 is 0 Å². The molecule has 1 aliphatic heterocycles. The zero-order valence-corrected chi connectivity index (χ0v) is 11.0. The molecule has 2 nitrogen and oxygen atoms in total. The maximum Gasteiger partial charge on any atom is 0.0989 e. The molecule has 1 heterocycles. The van der Waals surface area contributed by atoms with Crippen molar-refractivity contribution in [1.29, 1.82) is 0 Å². The summed E-state index contributed by atoms with van der Waals surface area (Å²) in [6.45, 7) is 3.53. The molecule has 3 rings (SSSR count). The van der Waals surface area contributed by atoms with E-state index in [1.54, 1.807) is 0 Å². The Balaban J connectivity index is 1.96. The van der Waals surface area contributed by atoms with Crippen molar-refractivity contribution in [2.75, 3.05) is 26.3 Å². The van der Waals surface area contributed by atoms with Crippen LogP contribution in [0, 0.1) is 6.04 Å². The number of hydrogen-bond acceptors (Lipinski definition) is 2. The van der Waals surface area contributed by atoms with E-state index in [2.05, 4.69) is 65.6 Å². The van der Waals surface area contributed by atoms with Gasteiger partial charge in [0.15, 0.2) is 0 Å². The lowest BCUT2D eigenvalue weighted by Crippen LogP contribution is -2.40. The second-order valence-electron chi connectivity index (χ2n) is 4.68. The summed E-state index contributed by atoms with van der Waals surface area (Å²) in [7, 11) is 0. The van der Waals surface area contributed by atoms with Crippen LogP contribution in [0.25, 0.3) is 0 Å². The fraction of sp³-hybridized carbons (Fsp3) is 0.235. The number of benzene rings is 2. The van der Waals surface area contributed by atoms with Crippen molar-refractivity contribution in [3.05, 3.63) is 77.8 Å². The first-order valence-electron chi connectivity index (χ1n) is 6.75. The topological polar surface area (TPSA) is 12.5 Å². The van der Waals surface area contributed by atoms with Gasteiger partial charge in [-0.15, -0.1) is 0 Å². The predicted octanol–water partition coefficient (Wildman–Crippen LogP) is 2.95. The zero-order valence-electron chi connectivity index (χ0n) is 11.0.